The molecule has 0 atom stereocenters. The van der Waals surface area contributed by atoms with Crippen LogP contribution in [0.3, 0.4) is 0 Å². The molecule has 1 saturated heterocycles. The van der Waals surface area contributed by atoms with Gasteiger partial charge in [-0.25, -0.2) is 4.98 Å². The Morgan fingerprint density at radius 3 is 2.64 bits per heavy atom. The van der Waals surface area contributed by atoms with Crippen LogP contribution in [0.2, 0.25) is 0 Å². The van der Waals surface area contributed by atoms with E-state index in [1.807, 2.05) is 16.7 Å². The number of piperazine rings is 1. The van der Waals surface area contributed by atoms with Crippen molar-refractivity contribution in [3.8, 4) is 0 Å². The zero-order valence-electron chi connectivity index (χ0n) is 16.0. The summed E-state index contributed by atoms with van der Waals surface area (Å²) in [5.74, 6) is 0.905. The van der Waals surface area contributed by atoms with Crippen molar-refractivity contribution < 1.29 is 4.52 Å². The highest BCUT2D eigenvalue weighted by Gasteiger charge is 2.21. The molecule has 146 valence electrons. The highest BCUT2D eigenvalue weighted by Crippen LogP contribution is 2.28. The molecule has 2 aliphatic rings. The molecular formula is C21H25N5O2. The Bertz CT molecular complexity index is 999. The van der Waals surface area contributed by atoms with Crippen LogP contribution in [0.1, 0.15) is 37.5 Å². The standard InChI is InChI=1S/C21H25N5O2/c27-21-19-6-5-17(13-20(19)22-15-26(21)16-3-1-2-4-16)25-11-9-24(10-12-25)14-18-7-8-23-28-18/h5-8,13,15-16H,1-4,9-12,14H2. The van der Waals surface area contributed by atoms with Gasteiger partial charge in [0.15, 0.2) is 5.76 Å². The number of hydrogen-bond donors (Lipinski definition) is 0. The van der Waals surface area contributed by atoms with Gasteiger partial charge in [-0.1, -0.05) is 18.0 Å². The molecule has 7 heteroatoms. The van der Waals surface area contributed by atoms with E-state index in [1.54, 1.807) is 12.5 Å². The van der Waals surface area contributed by atoms with E-state index in [-0.39, 0.29) is 5.56 Å². The number of aromatic nitrogens is 3. The Balaban J connectivity index is 1.31. The Morgan fingerprint density at radius 2 is 1.89 bits per heavy atom. The molecule has 7 nitrogen and oxygen atoms in total. The monoisotopic (exact) mass is 379 g/mol. The Hall–Kier alpha value is -2.67. The van der Waals surface area contributed by atoms with Crippen LogP contribution in [0.25, 0.3) is 10.9 Å². The number of nitrogens with zero attached hydrogens (tertiary/aromatic N) is 5. The van der Waals surface area contributed by atoms with Crippen molar-refractivity contribution in [3.05, 3.63) is 52.9 Å². The molecule has 1 aromatic carbocycles. The van der Waals surface area contributed by atoms with Crippen LogP contribution in [-0.4, -0.2) is 45.8 Å². The highest BCUT2D eigenvalue weighted by atomic mass is 16.5. The molecule has 0 bridgehead atoms. The lowest BCUT2D eigenvalue weighted by molar-refractivity contribution is 0.220. The third kappa shape index (κ3) is 3.30. The quantitative estimate of drug-likeness (QED) is 0.694. The van der Waals surface area contributed by atoms with E-state index < -0.39 is 0 Å². The summed E-state index contributed by atoms with van der Waals surface area (Å²) in [4.78, 5) is 22.2. The van der Waals surface area contributed by atoms with Gasteiger partial charge in [-0.05, 0) is 31.0 Å². The average molecular weight is 379 g/mol. The third-order valence-corrected chi connectivity index (χ3v) is 6.09. The molecule has 0 radical (unpaired) electrons. The Kier molecular flexibility index (Phi) is 4.60. The van der Waals surface area contributed by atoms with Crippen molar-refractivity contribution in [2.45, 2.75) is 38.3 Å². The molecule has 1 saturated carbocycles. The van der Waals surface area contributed by atoms with Crippen LogP contribution in [0.15, 0.2) is 46.1 Å². The first-order chi connectivity index (χ1) is 13.8. The number of benzene rings is 1. The maximum Gasteiger partial charge on any atom is 0.261 e. The maximum atomic E-state index is 12.9. The van der Waals surface area contributed by atoms with Gasteiger partial charge in [0.2, 0.25) is 0 Å². The lowest BCUT2D eigenvalue weighted by atomic mass is 10.1. The summed E-state index contributed by atoms with van der Waals surface area (Å²) in [7, 11) is 0. The number of hydrogen-bond acceptors (Lipinski definition) is 6. The number of rotatable bonds is 4. The summed E-state index contributed by atoms with van der Waals surface area (Å²) in [5.41, 5.74) is 2.03. The smallest absolute Gasteiger partial charge is 0.261 e. The van der Waals surface area contributed by atoms with Crippen molar-refractivity contribution in [1.29, 1.82) is 0 Å². The number of anilines is 1. The van der Waals surface area contributed by atoms with Gasteiger partial charge < -0.3 is 9.42 Å². The normalized spacial score (nSPS) is 18.9. The van der Waals surface area contributed by atoms with Crippen LogP contribution in [0.5, 0.6) is 0 Å². The average Bonchev–Trinajstić information content (AvgIpc) is 3.43. The lowest BCUT2D eigenvalue weighted by Crippen LogP contribution is -2.45. The first kappa shape index (κ1) is 17.4. The summed E-state index contributed by atoms with van der Waals surface area (Å²) >= 11 is 0. The van der Waals surface area contributed by atoms with Crippen LogP contribution in [0, 0.1) is 0 Å². The number of fused-ring (bicyclic) bond motifs is 1. The fraction of sp³-hybridized carbons (Fsp3) is 0.476. The summed E-state index contributed by atoms with van der Waals surface area (Å²) in [6.45, 7) is 4.62. The molecule has 28 heavy (non-hydrogen) atoms. The van der Waals surface area contributed by atoms with Crippen molar-refractivity contribution >= 4 is 16.6 Å². The Labute approximate surface area is 163 Å². The minimum atomic E-state index is 0.0975. The highest BCUT2D eigenvalue weighted by molar-refractivity contribution is 5.81. The lowest BCUT2D eigenvalue weighted by Gasteiger charge is -2.35. The van der Waals surface area contributed by atoms with Gasteiger partial charge in [0.05, 0.1) is 30.0 Å². The minimum Gasteiger partial charge on any atom is -0.369 e. The van der Waals surface area contributed by atoms with Gasteiger partial charge in [-0.3, -0.25) is 14.3 Å². The zero-order valence-corrected chi connectivity index (χ0v) is 16.0. The molecule has 2 fully saturated rings. The fourth-order valence-electron chi connectivity index (χ4n) is 4.47. The summed E-state index contributed by atoms with van der Waals surface area (Å²) < 4.78 is 7.05. The predicted molar refractivity (Wildman–Crippen MR) is 108 cm³/mol. The van der Waals surface area contributed by atoms with Crippen LogP contribution >= 0.6 is 0 Å². The van der Waals surface area contributed by atoms with E-state index in [4.69, 9.17) is 4.52 Å². The second kappa shape index (κ2) is 7.39. The molecule has 1 aliphatic heterocycles. The SMILES string of the molecule is O=c1c2ccc(N3CCN(Cc4ccno4)CC3)cc2ncn1C1CCCC1. The first-order valence-corrected chi connectivity index (χ1v) is 10.2. The van der Waals surface area contributed by atoms with E-state index in [9.17, 15) is 4.79 Å². The first-order valence-electron chi connectivity index (χ1n) is 10.2. The van der Waals surface area contributed by atoms with Gasteiger partial charge in [0.25, 0.3) is 5.56 Å². The van der Waals surface area contributed by atoms with Gasteiger partial charge >= 0.3 is 0 Å². The second-order valence-corrected chi connectivity index (χ2v) is 7.84. The van der Waals surface area contributed by atoms with E-state index in [1.165, 1.54) is 12.8 Å². The molecule has 1 aliphatic carbocycles. The third-order valence-electron chi connectivity index (χ3n) is 6.09. The molecule has 0 N–H and O–H groups in total. The molecule has 0 spiro atoms. The summed E-state index contributed by atoms with van der Waals surface area (Å²) in [6.07, 6.45) is 8.02. The molecule has 2 aromatic heterocycles. The molecule has 3 heterocycles. The van der Waals surface area contributed by atoms with Crippen molar-refractivity contribution in [1.82, 2.24) is 19.6 Å². The van der Waals surface area contributed by atoms with Gasteiger partial charge in [0, 0.05) is 44.0 Å². The van der Waals surface area contributed by atoms with Crippen LogP contribution in [0.4, 0.5) is 5.69 Å². The van der Waals surface area contributed by atoms with Gasteiger partial charge in [0.1, 0.15) is 0 Å². The van der Waals surface area contributed by atoms with E-state index in [2.05, 4.69) is 32.1 Å². The van der Waals surface area contributed by atoms with Gasteiger partial charge in [-0.15, -0.1) is 0 Å². The second-order valence-electron chi connectivity index (χ2n) is 7.84. The van der Waals surface area contributed by atoms with Crippen molar-refractivity contribution in [2.75, 3.05) is 31.1 Å². The molecular weight excluding hydrogens is 354 g/mol. The molecule has 0 unspecified atom stereocenters. The predicted octanol–water partition coefficient (Wildman–Crippen LogP) is 2.82. The fourth-order valence-corrected chi connectivity index (χ4v) is 4.47. The molecule has 0 amide bonds. The molecule has 3 aromatic rings. The summed E-state index contributed by atoms with van der Waals surface area (Å²) in [5, 5.41) is 4.50. The molecule has 5 rings (SSSR count). The van der Waals surface area contributed by atoms with E-state index in [0.29, 0.717) is 6.04 Å². The van der Waals surface area contributed by atoms with E-state index in [0.717, 1.165) is 67.9 Å². The van der Waals surface area contributed by atoms with Gasteiger partial charge in [-0.2, -0.15) is 0 Å². The topological polar surface area (TPSA) is 67.4 Å². The van der Waals surface area contributed by atoms with Crippen LogP contribution < -0.4 is 10.5 Å². The van der Waals surface area contributed by atoms with E-state index >= 15 is 0 Å². The largest absolute Gasteiger partial charge is 0.369 e. The zero-order chi connectivity index (χ0) is 18.9. The summed E-state index contributed by atoms with van der Waals surface area (Å²) in [6, 6.07) is 8.31. The maximum absolute atomic E-state index is 12.9. The Morgan fingerprint density at radius 1 is 1.07 bits per heavy atom. The van der Waals surface area contributed by atoms with Crippen molar-refractivity contribution in [2.24, 2.45) is 0 Å². The van der Waals surface area contributed by atoms with Crippen LogP contribution in [-0.2, 0) is 6.54 Å². The minimum absolute atomic E-state index is 0.0975. The van der Waals surface area contributed by atoms with Crippen molar-refractivity contribution in [3.63, 3.8) is 0 Å².